The minimum atomic E-state index is -4.46. The Morgan fingerprint density at radius 1 is 1.25 bits per heavy atom. The minimum absolute atomic E-state index is 0.0550. The van der Waals surface area contributed by atoms with Crippen LogP contribution in [0.3, 0.4) is 0 Å². The molecule has 0 aromatic heterocycles. The van der Waals surface area contributed by atoms with Crippen molar-refractivity contribution in [2.75, 3.05) is 0 Å². The van der Waals surface area contributed by atoms with Gasteiger partial charge < -0.3 is 5.11 Å². The van der Waals surface area contributed by atoms with Gasteiger partial charge in [-0.15, -0.1) is 0 Å². The highest BCUT2D eigenvalue weighted by Crippen LogP contribution is 2.32. The van der Waals surface area contributed by atoms with Crippen molar-refractivity contribution in [2.24, 2.45) is 0 Å². The van der Waals surface area contributed by atoms with Crippen LogP contribution in [0.1, 0.15) is 11.1 Å². The Labute approximate surface area is 90.0 Å². The monoisotopic (exact) mass is 234 g/mol. The number of rotatable bonds is 3. The Balaban J connectivity index is 2.96. The molecule has 0 bridgehead atoms. The van der Waals surface area contributed by atoms with Gasteiger partial charge in [-0.2, -0.15) is 13.2 Å². The Kier molecular flexibility index (Phi) is 4.06. The lowest BCUT2D eigenvalue weighted by Crippen LogP contribution is -2.14. The maximum atomic E-state index is 12.5. The topological polar surface area (TPSA) is 20.2 Å². The molecule has 0 aliphatic rings. The molecule has 0 saturated heterocycles. The second-order valence-corrected chi connectivity index (χ2v) is 3.24. The molecule has 1 unspecified atom stereocenters. The summed E-state index contributed by atoms with van der Waals surface area (Å²) in [6.07, 6.45) is -5.08. The van der Waals surface area contributed by atoms with E-state index in [9.17, 15) is 22.7 Å². The van der Waals surface area contributed by atoms with E-state index in [1.54, 1.807) is 0 Å². The highest BCUT2D eigenvalue weighted by atomic mass is 19.4. The van der Waals surface area contributed by atoms with Gasteiger partial charge >= 0.3 is 6.18 Å². The normalized spacial score (nSPS) is 14.3. The van der Waals surface area contributed by atoms with Gasteiger partial charge in [0.15, 0.2) is 0 Å². The van der Waals surface area contributed by atoms with E-state index in [4.69, 9.17) is 0 Å². The Bertz CT molecular complexity index is 370. The molecule has 0 spiro atoms. The van der Waals surface area contributed by atoms with E-state index < -0.39 is 17.8 Å². The number of hydrogen-bond acceptors (Lipinski definition) is 1. The van der Waals surface area contributed by atoms with Gasteiger partial charge in [-0.3, -0.25) is 0 Å². The number of benzene rings is 1. The summed E-state index contributed by atoms with van der Waals surface area (Å²) in [6.45, 7) is 0. The van der Waals surface area contributed by atoms with E-state index in [1.807, 2.05) is 0 Å². The van der Waals surface area contributed by atoms with Gasteiger partial charge in [-0.25, -0.2) is 4.39 Å². The molecule has 0 aliphatic heterocycles. The first-order valence-electron chi connectivity index (χ1n) is 4.55. The summed E-state index contributed by atoms with van der Waals surface area (Å²) < 4.78 is 49.3. The van der Waals surface area contributed by atoms with E-state index in [2.05, 4.69) is 0 Å². The number of alkyl halides is 3. The first-order chi connectivity index (χ1) is 7.45. The smallest absolute Gasteiger partial charge is 0.389 e. The van der Waals surface area contributed by atoms with Crippen molar-refractivity contribution in [1.29, 1.82) is 0 Å². The van der Waals surface area contributed by atoms with Crippen molar-refractivity contribution in [3.63, 3.8) is 0 Å². The Morgan fingerprint density at radius 3 is 2.44 bits per heavy atom. The molecule has 5 heteroatoms. The van der Waals surface area contributed by atoms with Gasteiger partial charge in [0, 0.05) is 6.42 Å². The first kappa shape index (κ1) is 12.7. The van der Waals surface area contributed by atoms with Gasteiger partial charge in [-0.05, 0) is 17.7 Å². The van der Waals surface area contributed by atoms with Crippen molar-refractivity contribution < 1.29 is 22.7 Å². The first-order valence-corrected chi connectivity index (χ1v) is 4.55. The molecule has 0 fully saturated rings. The van der Waals surface area contributed by atoms with Crippen LogP contribution in [-0.4, -0.2) is 11.2 Å². The summed E-state index contributed by atoms with van der Waals surface area (Å²) in [5.41, 5.74) is -0.859. The number of aliphatic hydroxyl groups is 1. The van der Waals surface area contributed by atoms with Crippen LogP contribution in [-0.2, 0) is 12.6 Å². The van der Waals surface area contributed by atoms with E-state index in [-0.39, 0.29) is 18.3 Å². The second kappa shape index (κ2) is 5.12. The summed E-state index contributed by atoms with van der Waals surface area (Å²) in [7, 11) is 0. The van der Waals surface area contributed by atoms with Gasteiger partial charge in [0.05, 0.1) is 18.0 Å². The Hall–Kier alpha value is -1.36. The van der Waals surface area contributed by atoms with Crippen LogP contribution >= 0.6 is 0 Å². The molecular formula is C11H10F4O. The summed E-state index contributed by atoms with van der Waals surface area (Å²) in [5.74, 6) is 0. The highest BCUT2D eigenvalue weighted by molar-refractivity contribution is 5.30. The summed E-state index contributed by atoms with van der Waals surface area (Å²) >= 11 is 0. The lowest BCUT2D eigenvalue weighted by Gasteiger charge is -2.13. The van der Waals surface area contributed by atoms with E-state index in [0.29, 0.717) is 0 Å². The predicted molar refractivity (Wildman–Crippen MR) is 51.4 cm³/mol. The van der Waals surface area contributed by atoms with Crippen LogP contribution in [0.15, 0.2) is 36.7 Å². The zero-order valence-corrected chi connectivity index (χ0v) is 8.21. The zero-order chi connectivity index (χ0) is 12.2. The molecule has 1 rings (SSSR count). The molecule has 0 heterocycles. The maximum Gasteiger partial charge on any atom is 0.416 e. The molecule has 1 atom stereocenters. The summed E-state index contributed by atoms with van der Waals surface area (Å²) in [4.78, 5) is 0. The fraction of sp³-hybridized carbons (Fsp3) is 0.273. The predicted octanol–water partition coefficient (Wildman–Crippen LogP) is 3.09. The van der Waals surface area contributed by atoms with E-state index in [1.165, 1.54) is 18.2 Å². The van der Waals surface area contributed by atoms with Crippen molar-refractivity contribution in [3.05, 3.63) is 47.8 Å². The fourth-order valence-electron chi connectivity index (χ4n) is 1.35. The third-order valence-corrected chi connectivity index (χ3v) is 2.05. The summed E-state index contributed by atoms with van der Waals surface area (Å²) in [5, 5.41) is 9.20. The number of aliphatic hydroxyl groups excluding tert-OH is 1. The van der Waals surface area contributed by atoms with Gasteiger partial charge in [0.1, 0.15) is 0 Å². The van der Waals surface area contributed by atoms with Crippen LogP contribution in [0.5, 0.6) is 0 Å². The Morgan fingerprint density at radius 2 is 1.88 bits per heavy atom. The third kappa shape index (κ3) is 3.34. The maximum absolute atomic E-state index is 12.5. The lowest BCUT2D eigenvalue weighted by molar-refractivity contribution is -0.138. The molecule has 0 amide bonds. The minimum Gasteiger partial charge on any atom is -0.389 e. The molecule has 0 aliphatic carbocycles. The standard InChI is InChI=1S/C11H10F4O/c12-6-5-9(16)7-8-3-1-2-4-10(8)11(13,14)15/h1-6,9,16H,7H2/b6-5+. The van der Waals surface area contributed by atoms with E-state index in [0.717, 1.165) is 12.1 Å². The molecule has 0 radical (unpaired) electrons. The van der Waals surface area contributed by atoms with Crippen molar-refractivity contribution in [2.45, 2.75) is 18.7 Å². The van der Waals surface area contributed by atoms with Crippen molar-refractivity contribution in [3.8, 4) is 0 Å². The van der Waals surface area contributed by atoms with Crippen molar-refractivity contribution in [1.82, 2.24) is 0 Å². The zero-order valence-electron chi connectivity index (χ0n) is 8.21. The third-order valence-electron chi connectivity index (χ3n) is 2.05. The molecular weight excluding hydrogens is 224 g/mol. The average Bonchev–Trinajstić information content (AvgIpc) is 2.17. The molecule has 16 heavy (non-hydrogen) atoms. The van der Waals surface area contributed by atoms with Crippen LogP contribution in [0.25, 0.3) is 0 Å². The number of hydrogen-bond donors (Lipinski definition) is 1. The molecule has 1 N–H and O–H groups in total. The second-order valence-electron chi connectivity index (χ2n) is 3.24. The SMILES string of the molecule is OC(/C=C/F)Cc1ccccc1C(F)(F)F. The summed E-state index contributed by atoms with van der Waals surface area (Å²) in [6, 6.07) is 4.90. The molecule has 1 aromatic carbocycles. The number of halogens is 4. The van der Waals surface area contributed by atoms with Crippen LogP contribution in [0.4, 0.5) is 17.6 Å². The van der Waals surface area contributed by atoms with Gasteiger partial charge in [0.2, 0.25) is 0 Å². The van der Waals surface area contributed by atoms with Crippen molar-refractivity contribution >= 4 is 0 Å². The quantitative estimate of drug-likeness (QED) is 0.797. The molecule has 88 valence electrons. The molecule has 0 saturated carbocycles. The highest BCUT2D eigenvalue weighted by Gasteiger charge is 2.32. The van der Waals surface area contributed by atoms with Gasteiger partial charge in [0.25, 0.3) is 0 Å². The van der Waals surface area contributed by atoms with E-state index >= 15 is 0 Å². The largest absolute Gasteiger partial charge is 0.416 e. The molecule has 1 aromatic rings. The van der Waals surface area contributed by atoms with Crippen LogP contribution in [0, 0.1) is 0 Å². The fourth-order valence-corrected chi connectivity index (χ4v) is 1.35. The molecule has 1 nitrogen and oxygen atoms in total. The average molecular weight is 234 g/mol. The van der Waals surface area contributed by atoms with Crippen LogP contribution < -0.4 is 0 Å². The van der Waals surface area contributed by atoms with Crippen LogP contribution in [0.2, 0.25) is 0 Å². The lowest BCUT2D eigenvalue weighted by atomic mass is 10.0. The van der Waals surface area contributed by atoms with Gasteiger partial charge in [-0.1, -0.05) is 18.2 Å².